The molecule has 2 heterocycles. The van der Waals surface area contributed by atoms with E-state index >= 15 is 0 Å². The summed E-state index contributed by atoms with van der Waals surface area (Å²) in [6, 6.07) is 0.286. The Kier molecular flexibility index (Phi) is 4.06. The molecule has 6 heteroatoms. The van der Waals surface area contributed by atoms with Crippen LogP contribution >= 0.6 is 11.6 Å². The third kappa shape index (κ3) is 2.80. The van der Waals surface area contributed by atoms with Gasteiger partial charge in [0.25, 0.3) is 0 Å². The second kappa shape index (κ2) is 5.21. The molecule has 0 amide bonds. The fourth-order valence-electron chi connectivity index (χ4n) is 1.97. The number of halogens is 1. The highest BCUT2D eigenvalue weighted by Gasteiger charge is 2.50. The first kappa shape index (κ1) is 15.6. The van der Waals surface area contributed by atoms with Crippen LogP contribution in [0.3, 0.4) is 0 Å². The van der Waals surface area contributed by atoms with E-state index in [0.29, 0.717) is 5.15 Å². The molecule has 0 N–H and O–H groups in total. The van der Waals surface area contributed by atoms with Crippen LogP contribution in [0.25, 0.3) is 6.08 Å². The molecule has 1 aromatic heterocycles. The van der Waals surface area contributed by atoms with Crippen LogP contribution in [-0.2, 0) is 9.31 Å². The maximum atomic E-state index is 6.28. The highest BCUT2D eigenvalue weighted by atomic mass is 35.5. The number of hydrogen-bond donors (Lipinski definition) is 0. The SMILES string of the molecule is CC(C)n1cnc(/C=C/B2OC(C)(C)C(C)(C)O2)c1Cl. The zero-order valence-electron chi connectivity index (χ0n) is 13.0. The van der Waals surface area contributed by atoms with E-state index in [2.05, 4.69) is 18.8 Å². The molecule has 0 aromatic carbocycles. The molecule has 1 aliphatic rings. The number of rotatable bonds is 3. The summed E-state index contributed by atoms with van der Waals surface area (Å²) in [5.74, 6) is 1.86. The average molecular weight is 297 g/mol. The van der Waals surface area contributed by atoms with Gasteiger partial charge in [-0.25, -0.2) is 4.98 Å². The summed E-state index contributed by atoms with van der Waals surface area (Å²) < 4.78 is 13.7. The van der Waals surface area contributed by atoms with Crippen molar-refractivity contribution in [3.63, 3.8) is 0 Å². The Hall–Kier alpha value is -0.775. The topological polar surface area (TPSA) is 36.3 Å². The second-order valence-electron chi connectivity index (χ2n) is 6.41. The van der Waals surface area contributed by atoms with Gasteiger partial charge >= 0.3 is 7.12 Å². The first-order chi connectivity index (χ1) is 9.14. The zero-order chi connectivity index (χ0) is 15.1. The van der Waals surface area contributed by atoms with Gasteiger partial charge in [-0.3, -0.25) is 0 Å². The normalized spacial score (nSPS) is 21.3. The molecular weight excluding hydrogens is 274 g/mol. The van der Waals surface area contributed by atoms with E-state index < -0.39 is 0 Å². The molecule has 110 valence electrons. The number of nitrogens with zero attached hydrogens (tertiary/aromatic N) is 2. The van der Waals surface area contributed by atoms with Crippen LogP contribution in [0.5, 0.6) is 0 Å². The predicted octanol–water partition coefficient (Wildman–Crippen LogP) is 3.76. The summed E-state index contributed by atoms with van der Waals surface area (Å²) >= 11 is 6.28. The predicted molar refractivity (Wildman–Crippen MR) is 82.7 cm³/mol. The Bertz CT molecular complexity index is 507. The van der Waals surface area contributed by atoms with Crippen molar-refractivity contribution >= 4 is 24.8 Å². The molecule has 0 bridgehead atoms. The summed E-state index contributed by atoms with van der Waals surface area (Å²) in [4.78, 5) is 4.30. The van der Waals surface area contributed by atoms with Crippen molar-refractivity contribution in [2.75, 3.05) is 0 Å². The average Bonchev–Trinajstić information content (AvgIpc) is 2.75. The van der Waals surface area contributed by atoms with Crippen molar-refractivity contribution in [1.29, 1.82) is 0 Å². The van der Waals surface area contributed by atoms with Gasteiger partial charge in [-0.2, -0.15) is 0 Å². The van der Waals surface area contributed by atoms with E-state index in [1.54, 1.807) is 6.33 Å². The van der Waals surface area contributed by atoms with Crippen molar-refractivity contribution in [3.05, 3.63) is 23.1 Å². The molecule has 0 radical (unpaired) electrons. The van der Waals surface area contributed by atoms with Crippen LogP contribution in [0, 0.1) is 0 Å². The van der Waals surface area contributed by atoms with Gasteiger partial charge in [-0.1, -0.05) is 17.6 Å². The van der Waals surface area contributed by atoms with E-state index in [9.17, 15) is 0 Å². The summed E-state index contributed by atoms with van der Waals surface area (Å²) in [6.45, 7) is 12.2. The fourth-order valence-corrected chi connectivity index (χ4v) is 2.32. The van der Waals surface area contributed by atoms with Crippen molar-refractivity contribution in [2.24, 2.45) is 0 Å². The lowest BCUT2D eigenvalue weighted by atomic mass is 9.90. The molecule has 0 unspecified atom stereocenters. The molecule has 0 saturated carbocycles. The quantitative estimate of drug-likeness (QED) is 0.797. The van der Waals surface area contributed by atoms with Gasteiger partial charge < -0.3 is 13.9 Å². The second-order valence-corrected chi connectivity index (χ2v) is 6.76. The molecule has 0 spiro atoms. The zero-order valence-corrected chi connectivity index (χ0v) is 13.7. The van der Waals surface area contributed by atoms with Crippen LogP contribution in [0.2, 0.25) is 5.15 Å². The summed E-state index contributed by atoms with van der Waals surface area (Å²) in [7, 11) is -0.375. The highest BCUT2D eigenvalue weighted by molar-refractivity contribution is 6.52. The third-order valence-electron chi connectivity index (χ3n) is 4.00. The van der Waals surface area contributed by atoms with Crippen LogP contribution in [0.4, 0.5) is 0 Å². The van der Waals surface area contributed by atoms with E-state index in [4.69, 9.17) is 20.9 Å². The van der Waals surface area contributed by atoms with Crippen LogP contribution in [0.1, 0.15) is 53.3 Å². The van der Waals surface area contributed by atoms with Gasteiger partial charge in [0.05, 0.1) is 23.2 Å². The monoisotopic (exact) mass is 296 g/mol. The van der Waals surface area contributed by atoms with Gasteiger partial charge in [-0.05, 0) is 47.6 Å². The first-order valence-corrected chi connectivity index (χ1v) is 7.28. The molecular formula is C14H22BClN2O2. The maximum absolute atomic E-state index is 6.28. The highest BCUT2D eigenvalue weighted by Crippen LogP contribution is 2.37. The largest absolute Gasteiger partial charge is 0.487 e. The standard InChI is InChI=1S/C14H22BClN2O2/c1-10(2)18-9-17-11(12(18)16)7-8-15-19-13(3,4)14(5,6)20-15/h7-10H,1-6H3/b8-7+. The van der Waals surface area contributed by atoms with Crippen molar-refractivity contribution in [3.8, 4) is 0 Å². The Balaban J connectivity index is 2.12. The Labute approximate surface area is 126 Å². The smallest absolute Gasteiger partial charge is 0.400 e. The molecule has 0 atom stereocenters. The lowest BCUT2D eigenvalue weighted by molar-refractivity contribution is 0.00578. The van der Waals surface area contributed by atoms with Gasteiger partial charge in [0.15, 0.2) is 0 Å². The Morgan fingerprint density at radius 3 is 2.25 bits per heavy atom. The van der Waals surface area contributed by atoms with Crippen LogP contribution < -0.4 is 0 Å². The van der Waals surface area contributed by atoms with Gasteiger partial charge in [0.1, 0.15) is 5.15 Å². The first-order valence-electron chi connectivity index (χ1n) is 6.90. The molecule has 1 aromatic rings. The minimum atomic E-state index is -0.375. The Morgan fingerprint density at radius 1 is 1.25 bits per heavy atom. The molecule has 1 fully saturated rings. The molecule has 20 heavy (non-hydrogen) atoms. The number of imidazole rings is 1. The molecule has 2 rings (SSSR count). The fraction of sp³-hybridized carbons (Fsp3) is 0.643. The molecule has 0 aliphatic carbocycles. The number of aromatic nitrogens is 2. The number of hydrogen-bond acceptors (Lipinski definition) is 3. The summed E-state index contributed by atoms with van der Waals surface area (Å²) in [6.07, 6.45) is 3.60. The summed E-state index contributed by atoms with van der Waals surface area (Å²) in [5, 5.41) is 0.632. The third-order valence-corrected chi connectivity index (χ3v) is 4.39. The van der Waals surface area contributed by atoms with Gasteiger partial charge in [0.2, 0.25) is 0 Å². The molecule has 1 saturated heterocycles. The summed E-state index contributed by atoms with van der Waals surface area (Å²) in [5.41, 5.74) is 0.0710. The van der Waals surface area contributed by atoms with Crippen LogP contribution in [0.15, 0.2) is 12.3 Å². The lowest BCUT2D eigenvalue weighted by Crippen LogP contribution is -2.41. The molecule has 1 aliphatic heterocycles. The van der Waals surface area contributed by atoms with Crippen molar-refractivity contribution < 1.29 is 9.31 Å². The minimum absolute atomic E-state index is 0.286. The lowest BCUT2D eigenvalue weighted by Gasteiger charge is -2.32. The maximum Gasteiger partial charge on any atom is 0.487 e. The van der Waals surface area contributed by atoms with Gasteiger partial charge in [-0.15, -0.1) is 0 Å². The van der Waals surface area contributed by atoms with E-state index in [-0.39, 0.29) is 24.4 Å². The minimum Gasteiger partial charge on any atom is -0.400 e. The van der Waals surface area contributed by atoms with E-state index in [1.165, 1.54) is 0 Å². The van der Waals surface area contributed by atoms with Crippen molar-refractivity contribution in [1.82, 2.24) is 9.55 Å². The van der Waals surface area contributed by atoms with E-state index in [1.807, 2.05) is 44.3 Å². The molecule has 4 nitrogen and oxygen atoms in total. The van der Waals surface area contributed by atoms with E-state index in [0.717, 1.165) is 5.69 Å². The van der Waals surface area contributed by atoms with Crippen molar-refractivity contribution in [2.45, 2.75) is 58.8 Å². The van der Waals surface area contributed by atoms with Crippen LogP contribution in [-0.4, -0.2) is 27.9 Å². The Morgan fingerprint density at radius 2 is 1.80 bits per heavy atom. The van der Waals surface area contributed by atoms with Gasteiger partial charge in [0, 0.05) is 6.04 Å².